The van der Waals surface area contributed by atoms with E-state index in [-0.39, 0.29) is 28.3 Å². The summed E-state index contributed by atoms with van der Waals surface area (Å²) in [5, 5.41) is 2.45. The zero-order valence-corrected chi connectivity index (χ0v) is 27.3. The van der Waals surface area contributed by atoms with Gasteiger partial charge in [-0.25, -0.2) is 0 Å². The van der Waals surface area contributed by atoms with E-state index >= 15 is 0 Å². The van der Waals surface area contributed by atoms with E-state index in [1.54, 1.807) is 12.1 Å². The van der Waals surface area contributed by atoms with Crippen LogP contribution < -0.4 is 0 Å². The van der Waals surface area contributed by atoms with E-state index in [0.29, 0.717) is 33.3 Å². The van der Waals surface area contributed by atoms with Gasteiger partial charge in [0.15, 0.2) is 18.7 Å². The van der Waals surface area contributed by atoms with Crippen molar-refractivity contribution in [2.75, 3.05) is 6.61 Å². The summed E-state index contributed by atoms with van der Waals surface area (Å²) in [5.41, 5.74) is 3.75. The average molecular weight is 650 g/mol. The molecule has 1 N–H and O–H groups in total. The van der Waals surface area contributed by atoms with E-state index in [0.717, 1.165) is 41.0 Å². The monoisotopic (exact) mass is 648 g/mol. The van der Waals surface area contributed by atoms with Crippen LogP contribution in [0.3, 0.4) is 0 Å². The highest BCUT2D eigenvalue weighted by molar-refractivity contribution is 7.86. The topological polar surface area (TPSA) is 66.6 Å². The summed E-state index contributed by atoms with van der Waals surface area (Å²) >= 11 is 13.4. The lowest BCUT2D eigenvalue weighted by molar-refractivity contribution is -0.616. The second kappa shape index (κ2) is 11.6. The van der Waals surface area contributed by atoms with Gasteiger partial charge in [-0.05, 0) is 66.6 Å². The van der Waals surface area contributed by atoms with E-state index in [1.807, 2.05) is 48.5 Å². The largest absolute Gasteiger partial charge is 0.441 e. The molecule has 0 fully saturated rings. The van der Waals surface area contributed by atoms with Crippen molar-refractivity contribution in [2.24, 2.45) is 11.3 Å². The standard InChI is InChI=1S/C36H35Cl2NO4S/c1-5-18-36(4)20-29(34(23-12-15-26(37)16-13-23)39-31(22(2)3)21-43-35(36)39)28-9-7-10-30(38)33(28)25-14-17-27-24(19-25)8-6-11-32(27)44(40,41)42/h5-17,19,22,29,31,34H,1,18,20-21H2,2-4H3/p+1/t29?,31-,34?,36+/m1/s1. The molecule has 4 atom stereocenters. The Hall–Kier alpha value is -3.16. The van der Waals surface area contributed by atoms with E-state index < -0.39 is 10.1 Å². The summed E-state index contributed by atoms with van der Waals surface area (Å²) in [6.45, 7) is 11.5. The van der Waals surface area contributed by atoms with Gasteiger partial charge in [0.1, 0.15) is 4.90 Å². The van der Waals surface area contributed by atoms with Crippen LogP contribution in [0.4, 0.5) is 0 Å². The Kier molecular flexibility index (Phi) is 8.16. The predicted octanol–water partition coefficient (Wildman–Crippen LogP) is 9.34. The van der Waals surface area contributed by atoms with Gasteiger partial charge in [0, 0.05) is 32.5 Å². The highest BCUT2D eigenvalue weighted by Gasteiger charge is 2.57. The molecular weight excluding hydrogens is 613 g/mol. The van der Waals surface area contributed by atoms with Crippen LogP contribution in [0.15, 0.2) is 96.4 Å². The molecule has 0 saturated heterocycles. The summed E-state index contributed by atoms with van der Waals surface area (Å²) in [6.07, 6.45) is 3.54. The summed E-state index contributed by atoms with van der Waals surface area (Å²) in [5.74, 6) is 1.38. The normalized spacial score (nSPS) is 23.6. The predicted molar refractivity (Wildman–Crippen MR) is 179 cm³/mol. The fraction of sp³-hybridized carbons (Fsp3) is 0.306. The van der Waals surface area contributed by atoms with Gasteiger partial charge in [-0.1, -0.05) is 91.7 Å². The first-order valence-corrected chi connectivity index (χ1v) is 17.1. The number of rotatable bonds is 7. The molecule has 5 nitrogen and oxygen atoms in total. The summed E-state index contributed by atoms with van der Waals surface area (Å²) in [4.78, 5) is -0.118. The van der Waals surface area contributed by atoms with Crippen molar-refractivity contribution in [3.05, 3.63) is 113 Å². The van der Waals surface area contributed by atoms with Crippen LogP contribution in [0.2, 0.25) is 10.0 Å². The van der Waals surface area contributed by atoms with Crippen molar-refractivity contribution in [3.63, 3.8) is 0 Å². The zero-order valence-electron chi connectivity index (χ0n) is 25.0. The maximum absolute atomic E-state index is 12.1. The van der Waals surface area contributed by atoms with Crippen molar-refractivity contribution in [2.45, 2.75) is 56.5 Å². The van der Waals surface area contributed by atoms with Gasteiger partial charge in [0.25, 0.3) is 10.1 Å². The molecule has 2 aliphatic heterocycles. The molecule has 0 radical (unpaired) electrons. The molecule has 228 valence electrons. The first kappa shape index (κ1) is 30.8. The molecule has 0 spiro atoms. The molecule has 0 saturated carbocycles. The van der Waals surface area contributed by atoms with Crippen molar-refractivity contribution in [1.29, 1.82) is 0 Å². The van der Waals surface area contributed by atoms with Crippen LogP contribution in [0.25, 0.3) is 21.9 Å². The molecular formula is C36H36Cl2NO4S+. The Morgan fingerprint density at radius 3 is 2.48 bits per heavy atom. The second-order valence-corrected chi connectivity index (χ2v) is 14.8. The minimum absolute atomic E-state index is 0.0152. The average Bonchev–Trinajstić information content (AvgIpc) is 3.43. The van der Waals surface area contributed by atoms with Crippen LogP contribution in [-0.4, -0.2) is 36.1 Å². The Balaban J connectivity index is 1.60. The number of fused-ring (bicyclic) bond motifs is 1. The fourth-order valence-electron chi connectivity index (χ4n) is 7.29. The van der Waals surface area contributed by atoms with E-state index in [2.05, 4.69) is 50.1 Å². The molecule has 2 unspecified atom stereocenters. The van der Waals surface area contributed by atoms with Crippen molar-refractivity contribution < 1.29 is 22.3 Å². The van der Waals surface area contributed by atoms with Crippen LogP contribution >= 0.6 is 23.2 Å². The summed E-state index contributed by atoms with van der Waals surface area (Å²) in [6, 6.07) is 24.8. The number of nitrogens with zero attached hydrogens (tertiary/aromatic N) is 1. The number of allylic oxidation sites excluding steroid dienone is 1. The molecule has 4 aromatic rings. The van der Waals surface area contributed by atoms with Gasteiger partial charge in [0.05, 0.1) is 11.3 Å². The highest BCUT2D eigenvalue weighted by Crippen LogP contribution is 2.53. The van der Waals surface area contributed by atoms with Gasteiger partial charge in [-0.2, -0.15) is 13.0 Å². The van der Waals surface area contributed by atoms with Crippen LogP contribution in [0.1, 0.15) is 56.7 Å². The molecule has 8 heteroatoms. The molecule has 4 aromatic carbocycles. The van der Waals surface area contributed by atoms with Gasteiger partial charge in [-0.15, -0.1) is 6.58 Å². The first-order valence-electron chi connectivity index (χ1n) is 14.9. The Bertz CT molecular complexity index is 1900. The maximum atomic E-state index is 12.1. The number of ether oxygens (including phenoxy) is 1. The Morgan fingerprint density at radius 2 is 1.80 bits per heavy atom. The van der Waals surface area contributed by atoms with Crippen LogP contribution in [-0.2, 0) is 14.9 Å². The Labute approximate surface area is 269 Å². The molecule has 0 aliphatic carbocycles. The van der Waals surface area contributed by atoms with E-state index in [4.69, 9.17) is 27.9 Å². The lowest BCUT2D eigenvalue weighted by Gasteiger charge is -2.39. The van der Waals surface area contributed by atoms with Crippen LogP contribution in [0.5, 0.6) is 0 Å². The lowest BCUT2D eigenvalue weighted by atomic mass is 9.68. The van der Waals surface area contributed by atoms with Gasteiger partial charge in [-0.3, -0.25) is 4.55 Å². The van der Waals surface area contributed by atoms with Crippen molar-refractivity contribution >= 4 is 50.0 Å². The van der Waals surface area contributed by atoms with E-state index in [1.165, 1.54) is 6.07 Å². The van der Waals surface area contributed by atoms with Crippen LogP contribution in [0, 0.1) is 11.3 Å². The van der Waals surface area contributed by atoms with Crippen molar-refractivity contribution in [1.82, 2.24) is 0 Å². The minimum Gasteiger partial charge on any atom is -0.441 e. The van der Waals surface area contributed by atoms with Crippen molar-refractivity contribution in [3.8, 4) is 11.1 Å². The molecule has 0 bridgehead atoms. The van der Waals surface area contributed by atoms with Gasteiger partial charge >= 0.3 is 5.90 Å². The van der Waals surface area contributed by atoms with Gasteiger partial charge < -0.3 is 4.74 Å². The number of hydrogen-bond donors (Lipinski definition) is 1. The fourth-order valence-corrected chi connectivity index (χ4v) is 8.42. The highest BCUT2D eigenvalue weighted by atomic mass is 35.5. The summed E-state index contributed by atoms with van der Waals surface area (Å²) in [7, 11) is -4.38. The third-order valence-corrected chi connectivity index (χ3v) is 10.8. The smallest absolute Gasteiger partial charge is 0.343 e. The first-order chi connectivity index (χ1) is 20.9. The third-order valence-electron chi connectivity index (χ3n) is 9.28. The zero-order chi connectivity index (χ0) is 31.4. The molecule has 44 heavy (non-hydrogen) atoms. The lowest BCUT2D eigenvalue weighted by Crippen LogP contribution is -2.46. The maximum Gasteiger partial charge on any atom is 0.343 e. The van der Waals surface area contributed by atoms with E-state index in [9.17, 15) is 13.0 Å². The molecule has 2 heterocycles. The quantitative estimate of drug-likeness (QED) is 0.123. The van der Waals surface area contributed by atoms with Gasteiger partial charge in [0.2, 0.25) is 0 Å². The molecule has 6 rings (SSSR count). The minimum atomic E-state index is -4.38. The SMILES string of the molecule is C=CC[C@@]1(C)CC(c2cccc(Cl)c2-c2ccc3c(S(=O)(=O)O)cccc3c2)C(c2ccc(Cl)cc2)[N+]2=C1OC[C@@H]2C(C)C. The molecule has 2 aliphatic rings. The second-order valence-electron chi connectivity index (χ2n) is 12.6. The molecule has 0 amide bonds. The third kappa shape index (κ3) is 5.36. The molecule has 0 aromatic heterocycles. The summed E-state index contributed by atoms with van der Waals surface area (Å²) < 4.78 is 43.1. The number of benzene rings is 4. The Morgan fingerprint density at radius 1 is 1.07 bits per heavy atom. The number of hydrogen-bond acceptors (Lipinski definition) is 3. The number of halogens is 2.